The van der Waals surface area contributed by atoms with E-state index in [2.05, 4.69) is 4.98 Å². The van der Waals surface area contributed by atoms with Crippen molar-refractivity contribution in [3.63, 3.8) is 0 Å². The number of rotatable bonds is 3. The molecule has 0 bridgehead atoms. The Morgan fingerprint density at radius 1 is 1.28 bits per heavy atom. The molecule has 0 saturated heterocycles. The summed E-state index contributed by atoms with van der Waals surface area (Å²) < 4.78 is 18.6. The van der Waals surface area contributed by atoms with E-state index < -0.39 is 6.10 Å². The summed E-state index contributed by atoms with van der Waals surface area (Å²) in [7, 11) is 0. The summed E-state index contributed by atoms with van der Waals surface area (Å²) >= 11 is 0. The third-order valence-electron chi connectivity index (χ3n) is 2.59. The largest absolute Gasteiger partial charge is 0.439 e. The second-order valence-electron chi connectivity index (χ2n) is 4.12. The molecule has 0 radical (unpaired) electrons. The van der Waals surface area contributed by atoms with E-state index in [1.807, 2.05) is 0 Å². The Hall–Kier alpha value is -1.94. The van der Waals surface area contributed by atoms with Crippen molar-refractivity contribution in [1.82, 2.24) is 4.98 Å². The number of pyridine rings is 1. The van der Waals surface area contributed by atoms with Gasteiger partial charge in [0, 0.05) is 12.3 Å². The number of nitrogens with zero attached hydrogens (tertiary/aromatic N) is 1. The quantitative estimate of drug-likeness (QED) is 0.904. The van der Waals surface area contributed by atoms with E-state index in [1.54, 1.807) is 44.3 Å². The van der Waals surface area contributed by atoms with Crippen LogP contribution in [-0.4, -0.2) is 10.1 Å². The molecule has 1 aromatic carbocycles. The fourth-order valence-electron chi connectivity index (χ4n) is 1.54. The second kappa shape index (κ2) is 5.14. The summed E-state index contributed by atoms with van der Waals surface area (Å²) in [4.78, 5) is 4.04. The van der Waals surface area contributed by atoms with Gasteiger partial charge in [0.25, 0.3) is 0 Å². The average molecular weight is 247 g/mol. The van der Waals surface area contributed by atoms with Gasteiger partial charge in [-0.15, -0.1) is 0 Å². The molecule has 3 nitrogen and oxygen atoms in total. The van der Waals surface area contributed by atoms with Gasteiger partial charge in [-0.3, -0.25) is 0 Å². The number of aryl methyl sites for hydroxylation is 1. The molecule has 0 fully saturated rings. The number of aliphatic hydroxyl groups excluding tert-OH is 1. The van der Waals surface area contributed by atoms with E-state index in [9.17, 15) is 9.50 Å². The number of benzene rings is 1. The van der Waals surface area contributed by atoms with Gasteiger partial charge in [-0.2, -0.15) is 0 Å². The molecule has 0 spiro atoms. The van der Waals surface area contributed by atoms with Gasteiger partial charge in [0.05, 0.1) is 6.10 Å². The van der Waals surface area contributed by atoms with E-state index in [4.69, 9.17) is 4.74 Å². The zero-order valence-corrected chi connectivity index (χ0v) is 10.2. The van der Waals surface area contributed by atoms with Gasteiger partial charge >= 0.3 is 0 Å². The Bertz CT molecular complexity index is 555. The highest BCUT2D eigenvalue weighted by molar-refractivity contribution is 5.33. The highest BCUT2D eigenvalue weighted by Gasteiger charge is 2.05. The maximum atomic E-state index is 13.1. The van der Waals surface area contributed by atoms with Crippen LogP contribution in [0.5, 0.6) is 11.6 Å². The van der Waals surface area contributed by atoms with E-state index >= 15 is 0 Å². The van der Waals surface area contributed by atoms with Crippen molar-refractivity contribution < 1.29 is 14.2 Å². The zero-order valence-electron chi connectivity index (χ0n) is 10.2. The molecular weight excluding hydrogens is 233 g/mol. The third-order valence-corrected chi connectivity index (χ3v) is 2.59. The first-order chi connectivity index (χ1) is 8.56. The topological polar surface area (TPSA) is 42.4 Å². The summed E-state index contributed by atoms with van der Waals surface area (Å²) in [5, 5.41) is 9.46. The first kappa shape index (κ1) is 12.5. The van der Waals surface area contributed by atoms with Crippen LogP contribution in [0.3, 0.4) is 0 Å². The van der Waals surface area contributed by atoms with E-state index in [0.717, 1.165) is 5.56 Å². The van der Waals surface area contributed by atoms with Crippen molar-refractivity contribution in [2.75, 3.05) is 0 Å². The highest BCUT2D eigenvalue weighted by Crippen LogP contribution is 2.23. The summed E-state index contributed by atoms with van der Waals surface area (Å²) in [6.07, 6.45) is 0.985. The Kier molecular flexibility index (Phi) is 3.58. The molecule has 0 aliphatic rings. The van der Waals surface area contributed by atoms with Crippen molar-refractivity contribution in [3.8, 4) is 11.6 Å². The number of hydrogen-bond acceptors (Lipinski definition) is 3. The third kappa shape index (κ3) is 2.84. The van der Waals surface area contributed by atoms with Crippen LogP contribution in [0.25, 0.3) is 0 Å². The fraction of sp³-hybridized carbons (Fsp3) is 0.214. The average Bonchev–Trinajstić information content (AvgIpc) is 2.34. The van der Waals surface area contributed by atoms with Crippen molar-refractivity contribution in [2.45, 2.75) is 20.0 Å². The van der Waals surface area contributed by atoms with Gasteiger partial charge in [0.15, 0.2) is 0 Å². The van der Waals surface area contributed by atoms with Crippen LogP contribution in [0.4, 0.5) is 4.39 Å². The van der Waals surface area contributed by atoms with Gasteiger partial charge < -0.3 is 9.84 Å². The molecule has 0 saturated carbocycles. The van der Waals surface area contributed by atoms with Crippen molar-refractivity contribution in [2.24, 2.45) is 0 Å². The van der Waals surface area contributed by atoms with Crippen LogP contribution < -0.4 is 4.74 Å². The lowest BCUT2D eigenvalue weighted by atomic mass is 10.2. The molecule has 2 aromatic rings. The zero-order chi connectivity index (χ0) is 13.1. The van der Waals surface area contributed by atoms with Gasteiger partial charge in [0.1, 0.15) is 11.6 Å². The molecule has 94 valence electrons. The van der Waals surface area contributed by atoms with Crippen LogP contribution >= 0.6 is 0 Å². The molecule has 0 unspecified atom stereocenters. The molecule has 4 heteroatoms. The monoisotopic (exact) mass is 247 g/mol. The number of ether oxygens (including phenoxy) is 1. The van der Waals surface area contributed by atoms with Crippen LogP contribution in [-0.2, 0) is 0 Å². The summed E-state index contributed by atoms with van der Waals surface area (Å²) in [5.74, 6) is 0.622. The molecule has 2 rings (SSSR count). The number of aliphatic hydroxyl groups is 1. The molecule has 0 aliphatic heterocycles. The number of hydrogen-bond donors (Lipinski definition) is 1. The Morgan fingerprint density at radius 3 is 2.72 bits per heavy atom. The van der Waals surface area contributed by atoms with Crippen LogP contribution in [0.15, 0.2) is 36.5 Å². The highest BCUT2D eigenvalue weighted by atomic mass is 19.1. The van der Waals surface area contributed by atoms with Crippen molar-refractivity contribution >= 4 is 0 Å². The predicted octanol–water partition coefficient (Wildman–Crippen LogP) is 3.37. The molecule has 1 heterocycles. The van der Waals surface area contributed by atoms with Gasteiger partial charge in [-0.1, -0.05) is 0 Å². The maximum absolute atomic E-state index is 13.1. The van der Waals surface area contributed by atoms with Crippen LogP contribution in [0, 0.1) is 12.7 Å². The standard InChI is InChI=1S/C14H14FNO2/c1-9-7-12(3-4-13(9)15)18-14-8-11(10(2)17)5-6-16-14/h3-8,10,17H,1-2H3/t10-/m0/s1. The minimum absolute atomic E-state index is 0.270. The summed E-state index contributed by atoms with van der Waals surface area (Å²) in [6, 6.07) is 7.87. The summed E-state index contributed by atoms with van der Waals surface area (Å²) in [6.45, 7) is 3.34. The first-order valence-corrected chi connectivity index (χ1v) is 5.64. The van der Waals surface area contributed by atoms with E-state index in [1.165, 1.54) is 6.07 Å². The lowest BCUT2D eigenvalue weighted by Crippen LogP contribution is -1.94. The van der Waals surface area contributed by atoms with Crippen LogP contribution in [0.2, 0.25) is 0 Å². The summed E-state index contributed by atoms with van der Waals surface area (Å²) in [5.41, 5.74) is 1.23. The van der Waals surface area contributed by atoms with E-state index in [0.29, 0.717) is 17.2 Å². The van der Waals surface area contributed by atoms with Gasteiger partial charge in [0.2, 0.25) is 5.88 Å². The van der Waals surface area contributed by atoms with Crippen molar-refractivity contribution in [1.29, 1.82) is 0 Å². The maximum Gasteiger partial charge on any atom is 0.219 e. The molecule has 0 aliphatic carbocycles. The van der Waals surface area contributed by atoms with Gasteiger partial charge in [-0.05, 0) is 49.2 Å². The lowest BCUT2D eigenvalue weighted by Gasteiger charge is -2.08. The first-order valence-electron chi connectivity index (χ1n) is 5.64. The SMILES string of the molecule is Cc1cc(Oc2cc([C@H](C)O)ccn2)ccc1F. The predicted molar refractivity (Wildman–Crippen MR) is 66.1 cm³/mol. The lowest BCUT2D eigenvalue weighted by molar-refractivity contribution is 0.198. The minimum atomic E-state index is -0.578. The normalized spacial score (nSPS) is 12.2. The minimum Gasteiger partial charge on any atom is -0.439 e. The molecule has 0 amide bonds. The van der Waals surface area contributed by atoms with Crippen LogP contribution in [0.1, 0.15) is 24.2 Å². The fourth-order valence-corrected chi connectivity index (χ4v) is 1.54. The smallest absolute Gasteiger partial charge is 0.219 e. The number of aromatic nitrogens is 1. The molecule has 1 aromatic heterocycles. The molecule has 1 atom stereocenters. The second-order valence-corrected chi connectivity index (χ2v) is 4.12. The Balaban J connectivity index is 2.23. The Morgan fingerprint density at radius 2 is 2.06 bits per heavy atom. The van der Waals surface area contributed by atoms with Gasteiger partial charge in [-0.25, -0.2) is 9.37 Å². The number of halogens is 1. The molecule has 1 N–H and O–H groups in total. The van der Waals surface area contributed by atoms with Crippen molar-refractivity contribution in [3.05, 3.63) is 53.5 Å². The Labute approximate surface area is 105 Å². The van der Waals surface area contributed by atoms with E-state index in [-0.39, 0.29) is 5.82 Å². The molecular formula is C14H14FNO2. The molecule has 18 heavy (non-hydrogen) atoms.